The normalized spacial score (nSPS) is 38.6. The van der Waals surface area contributed by atoms with Crippen molar-refractivity contribution in [1.82, 2.24) is 0 Å². The number of carbonyl (C=O) groups excluding carboxylic acids is 1. The van der Waals surface area contributed by atoms with Gasteiger partial charge < -0.3 is 0 Å². The summed E-state index contributed by atoms with van der Waals surface area (Å²) in [6.45, 7) is 2.06. The molecule has 2 nitrogen and oxygen atoms in total. The van der Waals surface area contributed by atoms with Crippen molar-refractivity contribution < 1.29 is 4.79 Å². The highest BCUT2D eigenvalue weighted by Crippen LogP contribution is 2.46. The van der Waals surface area contributed by atoms with Gasteiger partial charge in [-0.3, -0.25) is 0 Å². The van der Waals surface area contributed by atoms with Crippen molar-refractivity contribution in [3.63, 3.8) is 0 Å². The first-order chi connectivity index (χ1) is 5.33. The molecule has 2 aliphatic carbocycles. The lowest BCUT2D eigenvalue weighted by atomic mass is 10.1. The van der Waals surface area contributed by atoms with Crippen LogP contribution in [-0.2, 0) is 4.79 Å². The number of rotatable bonds is 1. The average molecular weight is 147 g/mol. The molecule has 0 aromatic rings. The summed E-state index contributed by atoms with van der Waals surface area (Å²) in [5, 5.41) is 0. The van der Waals surface area contributed by atoms with E-state index in [-0.39, 0.29) is 6.04 Å². The van der Waals surface area contributed by atoms with Gasteiger partial charge in [-0.05, 0) is 6.92 Å². The van der Waals surface area contributed by atoms with E-state index in [0.717, 1.165) is 0 Å². The van der Waals surface area contributed by atoms with Crippen LogP contribution in [0, 0.1) is 11.8 Å². The zero-order valence-corrected chi connectivity index (χ0v) is 6.32. The van der Waals surface area contributed by atoms with E-state index in [0.29, 0.717) is 11.8 Å². The van der Waals surface area contributed by atoms with Crippen molar-refractivity contribution in [3.05, 3.63) is 23.8 Å². The van der Waals surface area contributed by atoms with Gasteiger partial charge in [0.15, 0.2) is 0 Å². The maximum atomic E-state index is 9.94. The third-order valence-electron chi connectivity index (χ3n) is 2.33. The van der Waals surface area contributed by atoms with Gasteiger partial charge in [-0.15, -0.1) is 0 Å². The molecule has 0 heterocycles. The number of hydrogen-bond acceptors (Lipinski definition) is 2. The number of aliphatic imine (C=N–C) groups is 1. The van der Waals surface area contributed by atoms with E-state index in [1.54, 1.807) is 6.08 Å². The Labute approximate surface area is 65.3 Å². The quantitative estimate of drug-likeness (QED) is 0.407. The third kappa shape index (κ3) is 0.958. The van der Waals surface area contributed by atoms with Crippen molar-refractivity contribution in [2.45, 2.75) is 13.0 Å². The zero-order chi connectivity index (χ0) is 7.84. The Bertz CT molecular complexity index is 284. The fourth-order valence-electron chi connectivity index (χ4n) is 1.65. The van der Waals surface area contributed by atoms with Crippen LogP contribution in [0.5, 0.6) is 0 Å². The molecular formula is C9H9NO. The topological polar surface area (TPSA) is 29.4 Å². The minimum atomic E-state index is 0.196. The van der Waals surface area contributed by atoms with Crippen LogP contribution >= 0.6 is 0 Å². The number of allylic oxidation sites excluding steroid dienone is 2. The fourth-order valence-corrected chi connectivity index (χ4v) is 1.65. The SMILES string of the molecule is CC1=CC2C(C=C1)C2N=C=O. The molecule has 0 aliphatic heterocycles. The number of nitrogens with zero attached hydrogens (tertiary/aromatic N) is 1. The summed E-state index contributed by atoms with van der Waals surface area (Å²) in [5.41, 5.74) is 1.27. The zero-order valence-electron chi connectivity index (χ0n) is 6.32. The molecule has 1 fully saturated rings. The fraction of sp³-hybridized carbons (Fsp3) is 0.444. The van der Waals surface area contributed by atoms with Gasteiger partial charge in [-0.1, -0.05) is 23.8 Å². The molecule has 56 valence electrons. The van der Waals surface area contributed by atoms with E-state index in [2.05, 4.69) is 30.1 Å². The smallest absolute Gasteiger partial charge is 0.211 e. The van der Waals surface area contributed by atoms with Gasteiger partial charge >= 0.3 is 0 Å². The van der Waals surface area contributed by atoms with Crippen LogP contribution in [0.25, 0.3) is 0 Å². The van der Waals surface area contributed by atoms with Crippen molar-refractivity contribution in [2.24, 2.45) is 16.8 Å². The van der Waals surface area contributed by atoms with Crippen molar-refractivity contribution in [2.75, 3.05) is 0 Å². The van der Waals surface area contributed by atoms with Crippen molar-refractivity contribution >= 4 is 6.08 Å². The second kappa shape index (κ2) is 2.18. The second-order valence-electron chi connectivity index (χ2n) is 3.14. The van der Waals surface area contributed by atoms with Crippen molar-refractivity contribution in [1.29, 1.82) is 0 Å². The summed E-state index contributed by atoms with van der Waals surface area (Å²) in [6.07, 6.45) is 8.00. The first-order valence-electron chi connectivity index (χ1n) is 3.76. The monoisotopic (exact) mass is 147 g/mol. The molecule has 0 spiro atoms. The summed E-state index contributed by atoms with van der Waals surface area (Å²) >= 11 is 0. The van der Waals surface area contributed by atoms with Gasteiger partial charge in [-0.25, -0.2) is 9.79 Å². The third-order valence-corrected chi connectivity index (χ3v) is 2.33. The highest BCUT2D eigenvalue weighted by molar-refractivity contribution is 5.40. The lowest BCUT2D eigenvalue weighted by Gasteiger charge is -1.95. The maximum absolute atomic E-state index is 9.94. The Morgan fingerprint density at radius 2 is 2.36 bits per heavy atom. The van der Waals surface area contributed by atoms with Crippen molar-refractivity contribution in [3.8, 4) is 0 Å². The van der Waals surface area contributed by atoms with Crippen LogP contribution < -0.4 is 0 Å². The molecule has 0 saturated heterocycles. The molecule has 0 bridgehead atoms. The highest BCUT2D eigenvalue weighted by atomic mass is 16.1. The summed E-state index contributed by atoms with van der Waals surface area (Å²) in [5.74, 6) is 0.974. The molecule has 3 unspecified atom stereocenters. The van der Waals surface area contributed by atoms with E-state index in [1.165, 1.54) is 5.57 Å². The molecule has 0 amide bonds. The van der Waals surface area contributed by atoms with Gasteiger partial charge in [0.25, 0.3) is 0 Å². The molecule has 2 rings (SSSR count). The van der Waals surface area contributed by atoms with Gasteiger partial charge in [0.05, 0.1) is 6.04 Å². The van der Waals surface area contributed by atoms with E-state index in [9.17, 15) is 4.79 Å². The Balaban J connectivity index is 2.17. The first kappa shape index (κ1) is 6.56. The molecule has 11 heavy (non-hydrogen) atoms. The van der Waals surface area contributed by atoms with Crippen LogP contribution in [-0.4, -0.2) is 12.1 Å². The van der Waals surface area contributed by atoms with Gasteiger partial charge in [0, 0.05) is 11.8 Å². The summed E-state index contributed by atoms with van der Waals surface area (Å²) < 4.78 is 0. The average Bonchev–Trinajstić information content (AvgIpc) is 2.64. The molecule has 2 aliphatic rings. The first-order valence-corrected chi connectivity index (χ1v) is 3.76. The summed E-state index contributed by atoms with van der Waals surface area (Å²) in [7, 11) is 0. The van der Waals surface area contributed by atoms with Crippen LogP contribution in [0.1, 0.15) is 6.92 Å². The van der Waals surface area contributed by atoms with E-state index in [4.69, 9.17) is 0 Å². The molecule has 2 heteroatoms. The molecular weight excluding hydrogens is 138 g/mol. The predicted molar refractivity (Wildman–Crippen MR) is 41.8 cm³/mol. The predicted octanol–water partition coefficient (Wildman–Crippen LogP) is 1.45. The van der Waals surface area contributed by atoms with Crippen LogP contribution in [0.2, 0.25) is 0 Å². The number of hydrogen-bond donors (Lipinski definition) is 0. The van der Waals surface area contributed by atoms with E-state index >= 15 is 0 Å². The number of isocyanates is 1. The molecule has 0 aromatic carbocycles. The highest BCUT2D eigenvalue weighted by Gasteiger charge is 2.48. The lowest BCUT2D eigenvalue weighted by molar-refractivity contribution is 0.562. The molecule has 3 atom stereocenters. The summed E-state index contributed by atoms with van der Waals surface area (Å²) in [4.78, 5) is 13.7. The van der Waals surface area contributed by atoms with Crippen LogP contribution in [0.15, 0.2) is 28.8 Å². The Morgan fingerprint density at radius 1 is 1.55 bits per heavy atom. The van der Waals surface area contributed by atoms with Crippen LogP contribution in [0.3, 0.4) is 0 Å². The Morgan fingerprint density at radius 3 is 3.00 bits per heavy atom. The molecule has 0 N–H and O–H groups in total. The molecule has 0 radical (unpaired) electrons. The van der Waals surface area contributed by atoms with E-state index in [1.807, 2.05) is 0 Å². The number of fused-ring (bicyclic) bond motifs is 1. The minimum Gasteiger partial charge on any atom is -0.211 e. The largest absolute Gasteiger partial charge is 0.235 e. The minimum absolute atomic E-state index is 0.196. The Hall–Kier alpha value is -1.14. The molecule has 1 saturated carbocycles. The van der Waals surface area contributed by atoms with E-state index < -0.39 is 0 Å². The van der Waals surface area contributed by atoms with Gasteiger partial charge in [-0.2, -0.15) is 0 Å². The summed E-state index contributed by atoms with van der Waals surface area (Å²) in [6, 6.07) is 0.196. The lowest BCUT2D eigenvalue weighted by Crippen LogP contribution is -1.81. The van der Waals surface area contributed by atoms with Gasteiger partial charge in [0.1, 0.15) is 0 Å². The standard InChI is InChI=1S/C9H9NO/c1-6-2-3-7-8(4-6)9(7)10-5-11/h2-4,7-9H,1H3. The Kier molecular flexibility index (Phi) is 1.30. The van der Waals surface area contributed by atoms with Crippen LogP contribution in [0.4, 0.5) is 0 Å². The molecule has 0 aromatic heterocycles. The second-order valence-corrected chi connectivity index (χ2v) is 3.14. The maximum Gasteiger partial charge on any atom is 0.235 e. The van der Waals surface area contributed by atoms with Gasteiger partial charge in [0.2, 0.25) is 6.08 Å².